The van der Waals surface area contributed by atoms with Crippen molar-refractivity contribution in [3.8, 4) is 5.95 Å². The molecule has 1 amide bonds. The van der Waals surface area contributed by atoms with Crippen LogP contribution in [0.4, 0.5) is 5.69 Å². The van der Waals surface area contributed by atoms with E-state index in [-0.39, 0.29) is 5.91 Å². The highest BCUT2D eigenvalue weighted by molar-refractivity contribution is 9.10. The molecule has 0 aliphatic carbocycles. The quantitative estimate of drug-likeness (QED) is 0.781. The van der Waals surface area contributed by atoms with E-state index in [1.807, 2.05) is 19.1 Å². The summed E-state index contributed by atoms with van der Waals surface area (Å²) in [7, 11) is 0. The third-order valence-corrected chi connectivity index (χ3v) is 3.57. The van der Waals surface area contributed by atoms with Crippen molar-refractivity contribution in [3.05, 3.63) is 64.9 Å². The topological polar surface area (TPSA) is 72.7 Å². The van der Waals surface area contributed by atoms with Gasteiger partial charge in [-0.2, -0.15) is 0 Å². The molecule has 22 heavy (non-hydrogen) atoms. The maximum Gasteiger partial charge on any atom is 0.255 e. The summed E-state index contributed by atoms with van der Waals surface area (Å²) in [5.74, 6) is 1.10. The predicted octanol–water partition coefficient (Wildman–Crippen LogP) is 2.99. The van der Waals surface area contributed by atoms with Gasteiger partial charge in [0.15, 0.2) is 0 Å². The summed E-state index contributed by atoms with van der Waals surface area (Å²) in [5, 5.41) is 2.76. The highest BCUT2D eigenvalue weighted by Gasteiger charge is 2.08. The molecule has 1 aromatic carbocycles. The first-order chi connectivity index (χ1) is 10.6. The van der Waals surface area contributed by atoms with E-state index in [1.165, 1.54) is 0 Å². The Morgan fingerprint density at radius 2 is 1.82 bits per heavy atom. The molecular formula is C15H12BrN5O. The van der Waals surface area contributed by atoms with E-state index in [4.69, 9.17) is 0 Å². The molecule has 0 saturated carbocycles. The second-order valence-electron chi connectivity index (χ2n) is 4.58. The van der Waals surface area contributed by atoms with Crippen molar-refractivity contribution < 1.29 is 4.79 Å². The molecule has 0 aliphatic rings. The van der Waals surface area contributed by atoms with Crippen LogP contribution in [0.25, 0.3) is 5.95 Å². The Hall–Kier alpha value is -2.54. The monoisotopic (exact) mass is 357 g/mol. The number of amides is 1. The van der Waals surface area contributed by atoms with Gasteiger partial charge in [0.1, 0.15) is 5.82 Å². The lowest BCUT2D eigenvalue weighted by Crippen LogP contribution is -2.12. The molecule has 0 unspecified atom stereocenters. The van der Waals surface area contributed by atoms with E-state index in [0.717, 1.165) is 10.3 Å². The minimum Gasteiger partial charge on any atom is -0.319 e. The Morgan fingerprint density at radius 1 is 1.14 bits per heavy atom. The molecule has 3 aromatic rings. The first kappa shape index (κ1) is 14.4. The molecule has 6 nitrogen and oxygen atoms in total. The molecule has 2 aromatic heterocycles. The summed E-state index contributed by atoms with van der Waals surface area (Å²) in [6.45, 7) is 1.87. The Bertz CT molecular complexity index is 796. The zero-order valence-electron chi connectivity index (χ0n) is 11.7. The average Bonchev–Trinajstić information content (AvgIpc) is 2.95. The van der Waals surface area contributed by atoms with Gasteiger partial charge in [0.05, 0.1) is 18.1 Å². The third-order valence-electron chi connectivity index (χ3n) is 3.04. The van der Waals surface area contributed by atoms with Gasteiger partial charge in [0.2, 0.25) is 5.95 Å². The van der Waals surface area contributed by atoms with Crippen molar-refractivity contribution >= 4 is 27.5 Å². The molecule has 3 rings (SSSR count). The van der Waals surface area contributed by atoms with Gasteiger partial charge in [-0.15, -0.1) is 0 Å². The van der Waals surface area contributed by atoms with Gasteiger partial charge < -0.3 is 5.32 Å². The second-order valence-corrected chi connectivity index (χ2v) is 5.49. The molecule has 110 valence electrons. The van der Waals surface area contributed by atoms with Crippen LogP contribution in [0.3, 0.4) is 0 Å². The maximum absolute atomic E-state index is 12.1. The van der Waals surface area contributed by atoms with Gasteiger partial charge in [-0.3, -0.25) is 9.36 Å². The first-order valence-corrected chi connectivity index (χ1v) is 7.32. The Balaban J connectivity index is 1.75. The van der Waals surface area contributed by atoms with Crippen molar-refractivity contribution in [2.45, 2.75) is 6.92 Å². The number of halogens is 1. The van der Waals surface area contributed by atoms with Crippen molar-refractivity contribution in [1.29, 1.82) is 0 Å². The van der Waals surface area contributed by atoms with Gasteiger partial charge in [-0.25, -0.2) is 15.0 Å². The number of aromatic nitrogens is 4. The number of benzene rings is 1. The lowest BCUT2D eigenvalue weighted by atomic mass is 10.2. The fraction of sp³-hybridized carbons (Fsp3) is 0.0667. The fourth-order valence-electron chi connectivity index (χ4n) is 1.90. The maximum atomic E-state index is 12.1. The SMILES string of the molecule is Cc1nccn1-c1ncc(NC(=O)c2ccc(Br)cc2)cn1. The summed E-state index contributed by atoms with van der Waals surface area (Å²) in [6, 6.07) is 7.11. The number of nitrogens with zero attached hydrogens (tertiary/aromatic N) is 4. The molecule has 0 bridgehead atoms. The molecule has 0 saturated heterocycles. The van der Waals surface area contributed by atoms with E-state index >= 15 is 0 Å². The van der Waals surface area contributed by atoms with E-state index < -0.39 is 0 Å². The van der Waals surface area contributed by atoms with Crippen molar-refractivity contribution in [2.75, 3.05) is 5.32 Å². The van der Waals surface area contributed by atoms with Crippen LogP contribution in [0.2, 0.25) is 0 Å². The van der Waals surface area contributed by atoms with Gasteiger partial charge in [-0.05, 0) is 31.2 Å². The zero-order valence-corrected chi connectivity index (χ0v) is 13.3. The molecular weight excluding hydrogens is 346 g/mol. The highest BCUT2D eigenvalue weighted by Crippen LogP contribution is 2.13. The molecule has 7 heteroatoms. The number of carbonyl (C=O) groups is 1. The van der Waals surface area contributed by atoms with Crippen LogP contribution in [-0.2, 0) is 0 Å². The number of rotatable bonds is 3. The number of imidazole rings is 1. The largest absolute Gasteiger partial charge is 0.319 e. The van der Waals surface area contributed by atoms with Crippen molar-refractivity contribution in [3.63, 3.8) is 0 Å². The van der Waals surface area contributed by atoms with Gasteiger partial charge in [-0.1, -0.05) is 15.9 Å². The van der Waals surface area contributed by atoms with Crippen molar-refractivity contribution in [1.82, 2.24) is 19.5 Å². The number of hydrogen-bond donors (Lipinski definition) is 1. The van der Waals surface area contributed by atoms with Crippen LogP contribution in [0, 0.1) is 6.92 Å². The smallest absolute Gasteiger partial charge is 0.255 e. The lowest BCUT2D eigenvalue weighted by molar-refractivity contribution is 0.102. The van der Waals surface area contributed by atoms with E-state index in [2.05, 4.69) is 36.2 Å². The molecule has 0 spiro atoms. The zero-order chi connectivity index (χ0) is 15.5. The summed E-state index contributed by atoms with van der Waals surface area (Å²) in [6.07, 6.45) is 6.60. The summed E-state index contributed by atoms with van der Waals surface area (Å²) < 4.78 is 2.69. The normalized spacial score (nSPS) is 10.5. The number of aryl methyl sites for hydroxylation is 1. The third kappa shape index (κ3) is 3.04. The molecule has 0 fully saturated rings. The number of hydrogen-bond acceptors (Lipinski definition) is 4. The standard InChI is InChI=1S/C15H12BrN5O/c1-10-17-6-7-21(10)15-18-8-13(9-19-15)20-14(22)11-2-4-12(16)5-3-11/h2-9H,1H3,(H,20,22). The van der Waals surface area contributed by atoms with Gasteiger partial charge >= 0.3 is 0 Å². The Morgan fingerprint density at radius 3 is 2.41 bits per heavy atom. The Kier molecular flexibility index (Phi) is 3.97. The Labute approximate surface area is 135 Å². The summed E-state index contributed by atoms with van der Waals surface area (Å²) in [5.41, 5.74) is 1.10. The van der Waals surface area contributed by atoms with Gasteiger partial charge in [0, 0.05) is 22.4 Å². The van der Waals surface area contributed by atoms with Crippen LogP contribution in [0.5, 0.6) is 0 Å². The average molecular weight is 358 g/mol. The first-order valence-electron chi connectivity index (χ1n) is 6.53. The number of nitrogens with one attached hydrogen (secondary N) is 1. The van der Waals surface area contributed by atoms with E-state index in [1.54, 1.807) is 41.5 Å². The predicted molar refractivity (Wildman–Crippen MR) is 86.0 cm³/mol. The van der Waals surface area contributed by atoms with Crippen LogP contribution in [0.1, 0.15) is 16.2 Å². The molecule has 0 aliphatic heterocycles. The summed E-state index contributed by atoms with van der Waals surface area (Å²) >= 11 is 3.33. The van der Waals surface area contributed by atoms with Crippen LogP contribution >= 0.6 is 15.9 Å². The van der Waals surface area contributed by atoms with Crippen LogP contribution in [-0.4, -0.2) is 25.4 Å². The highest BCUT2D eigenvalue weighted by atomic mass is 79.9. The number of carbonyl (C=O) groups excluding carboxylic acids is 1. The minimum absolute atomic E-state index is 0.206. The molecule has 0 radical (unpaired) electrons. The van der Waals surface area contributed by atoms with Crippen molar-refractivity contribution in [2.24, 2.45) is 0 Å². The molecule has 2 heterocycles. The number of anilines is 1. The second kappa shape index (κ2) is 6.07. The van der Waals surface area contributed by atoms with Gasteiger partial charge in [0.25, 0.3) is 5.91 Å². The van der Waals surface area contributed by atoms with E-state index in [9.17, 15) is 4.79 Å². The van der Waals surface area contributed by atoms with E-state index in [0.29, 0.717) is 17.2 Å². The molecule has 0 atom stereocenters. The van der Waals surface area contributed by atoms with Crippen LogP contribution < -0.4 is 5.32 Å². The molecule has 1 N–H and O–H groups in total. The minimum atomic E-state index is -0.206. The fourth-order valence-corrected chi connectivity index (χ4v) is 2.17. The lowest BCUT2D eigenvalue weighted by Gasteiger charge is -2.06. The summed E-state index contributed by atoms with van der Waals surface area (Å²) in [4.78, 5) is 24.7. The van der Waals surface area contributed by atoms with Crippen LogP contribution in [0.15, 0.2) is 53.5 Å².